The normalized spacial score (nSPS) is 12.1. The fourth-order valence-corrected chi connectivity index (χ4v) is 1.88. The van der Waals surface area contributed by atoms with Crippen LogP contribution in [0.5, 0.6) is 5.75 Å². The molecule has 19 heavy (non-hydrogen) atoms. The first kappa shape index (κ1) is 13.6. The highest BCUT2D eigenvalue weighted by atomic mass is 16.5. The van der Waals surface area contributed by atoms with Gasteiger partial charge in [0.15, 0.2) is 0 Å². The zero-order chi connectivity index (χ0) is 13.5. The van der Waals surface area contributed by atoms with E-state index < -0.39 is 0 Å². The van der Waals surface area contributed by atoms with E-state index in [-0.39, 0.29) is 6.04 Å². The highest BCUT2D eigenvalue weighted by Crippen LogP contribution is 2.16. The molecule has 1 atom stereocenters. The predicted molar refractivity (Wildman–Crippen MR) is 77.1 cm³/mol. The Balaban J connectivity index is 1.74. The van der Waals surface area contributed by atoms with Crippen molar-refractivity contribution >= 4 is 0 Å². The summed E-state index contributed by atoms with van der Waals surface area (Å²) >= 11 is 0. The van der Waals surface area contributed by atoms with E-state index in [9.17, 15) is 0 Å². The quantitative estimate of drug-likeness (QED) is 0.808. The van der Waals surface area contributed by atoms with Crippen molar-refractivity contribution in [1.29, 1.82) is 0 Å². The summed E-state index contributed by atoms with van der Waals surface area (Å²) in [6.45, 7) is 2.70. The fourth-order valence-electron chi connectivity index (χ4n) is 1.88. The van der Waals surface area contributed by atoms with Gasteiger partial charge in [-0.15, -0.1) is 0 Å². The van der Waals surface area contributed by atoms with E-state index in [1.807, 2.05) is 55.7 Å². The van der Waals surface area contributed by atoms with Gasteiger partial charge in [0, 0.05) is 18.4 Å². The Morgan fingerprint density at radius 2 is 1.79 bits per heavy atom. The molecular formula is C16H20N2O. The number of nitrogens with two attached hydrogens (primary N) is 1. The summed E-state index contributed by atoms with van der Waals surface area (Å²) in [7, 11) is 0. The minimum atomic E-state index is 0.0701. The van der Waals surface area contributed by atoms with Crippen LogP contribution in [0, 0.1) is 0 Å². The largest absolute Gasteiger partial charge is 0.494 e. The number of aryl methyl sites for hydroxylation is 1. The van der Waals surface area contributed by atoms with Crippen LogP contribution in [-0.4, -0.2) is 11.6 Å². The van der Waals surface area contributed by atoms with Gasteiger partial charge in [0.05, 0.1) is 6.61 Å². The highest BCUT2D eigenvalue weighted by molar-refractivity contribution is 5.28. The fraction of sp³-hybridized carbons (Fsp3) is 0.312. The molecule has 0 radical (unpaired) electrons. The van der Waals surface area contributed by atoms with Gasteiger partial charge in [0.2, 0.25) is 0 Å². The summed E-state index contributed by atoms with van der Waals surface area (Å²) in [4.78, 5) is 4.00. The van der Waals surface area contributed by atoms with Crippen molar-refractivity contribution < 1.29 is 4.74 Å². The molecule has 0 saturated carbocycles. The number of pyridine rings is 1. The van der Waals surface area contributed by atoms with Gasteiger partial charge in [0.25, 0.3) is 0 Å². The SMILES string of the molecule is CC(N)c1ccc(OCCCc2ccncc2)cc1. The lowest BCUT2D eigenvalue weighted by Crippen LogP contribution is -2.05. The molecule has 0 amide bonds. The first-order chi connectivity index (χ1) is 9.25. The molecule has 0 aliphatic carbocycles. The number of hydrogen-bond acceptors (Lipinski definition) is 3. The van der Waals surface area contributed by atoms with Gasteiger partial charge in [0.1, 0.15) is 5.75 Å². The smallest absolute Gasteiger partial charge is 0.119 e. The van der Waals surface area contributed by atoms with E-state index in [1.54, 1.807) is 0 Å². The van der Waals surface area contributed by atoms with Crippen LogP contribution in [0.3, 0.4) is 0 Å². The van der Waals surface area contributed by atoms with Crippen molar-refractivity contribution in [3.63, 3.8) is 0 Å². The Morgan fingerprint density at radius 1 is 1.11 bits per heavy atom. The van der Waals surface area contributed by atoms with E-state index in [2.05, 4.69) is 4.98 Å². The molecule has 1 unspecified atom stereocenters. The van der Waals surface area contributed by atoms with Gasteiger partial charge in [-0.2, -0.15) is 0 Å². The van der Waals surface area contributed by atoms with Gasteiger partial charge >= 0.3 is 0 Å². The van der Waals surface area contributed by atoms with Crippen molar-refractivity contribution in [2.75, 3.05) is 6.61 Å². The molecule has 0 fully saturated rings. The number of rotatable bonds is 6. The lowest BCUT2D eigenvalue weighted by molar-refractivity contribution is 0.311. The van der Waals surface area contributed by atoms with E-state index in [0.717, 1.165) is 30.8 Å². The molecule has 1 heterocycles. The number of benzene rings is 1. The summed E-state index contributed by atoms with van der Waals surface area (Å²) in [6.07, 6.45) is 5.66. The average molecular weight is 256 g/mol. The first-order valence-corrected chi connectivity index (χ1v) is 6.63. The molecule has 1 aromatic carbocycles. The summed E-state index contributed by atoms with van der Waals surface area (Å²) in [5, 5.41) is 0. The lowest BCUT2D eigenvalue weighted by Gasteiger charge is -2.09. The Kier molecular flexibility index (Phi) is 4.93. The summed E-state index contributed by atoms with van der Waals surface area (Å²) in [5.74, 6) is 0.902. The van der Waals surface area contributed by atoms with Crippen LogP contribution in [0.4, 0.5) is 0 Å². The van der Waals surface area contributed by atoms with E-state index in [4.69, 9.17) is 10.5 Å². The first-order valence-electron chi connectivity index (χ1n) is 6.63. The second kappa shape index (κ2) is 6.90. The third kappa shape index (κ3) is 4.38. The summed E-state index contributed by atoms with van der Waals surface area (Å²) in [6, 6.07) is 12.1. The van der Waals surface area contributed by atoms with Gasteiger partial charge in [-0.3, -0.25) is 4.98 Å². The number of aromatic nitrogens is 1. The van der Waals surface area contributed by atoms with Crippen molar-refractivity contribution in [3.8, 4) is 5.75 Å². The molecule has 3 heteroatoms. The second-order valence-electron chi connectivity index (χ2n) is 4.67. The van der Waals surface area contributed by atoms with Crippen LogP contribution in [0.15, 0.2) is 48.8 Å². The van der Waals surface area contributed by atoms with Crippen LogP contribution >= 0.6 is 0 Å². The monoisotopic (exact) mass is 256 g/mol. The van der Waals surface area contributed by atoms with E-state index in [1.165, 1.54) is 5.56 Å². The van der Waals surface area contributed by atoms with Gasteiger partial charge in [-0.25, -0.2) is 0 Å². The molecule has 3 nitrogen and oxygen atoms in total. The highest BCUT2D eigenvalue weighted by Gasteiger charge is 1.99. The third-order valence-electron chi connectivity index (χ3n) is 3.03. The van der Waals surface area contributed by atoms with Gasteiger partial charge in [-0.05, 0) is 55.2 Å². The Labute approximate surface area is 114 Å². The molecule has 0 bridgehead atoms. The van der Waals surface area contributed by atoms with Gasteiger partial charge < -0.3 is 10.5 Å². The number of hydrogen-bond donors (Lipinski definition) is 1. The van der Waals surface area contributed by atoms with Crippen molar-refractivity contribution in [2.24, 2.45) is 5.73 Å². The zero-order valence-electron chi connectivity index (χ0n) is 11.3. The summed E-state index contributed by atoms with van der Waals surface area (Å²) in [5.41, 5.74) is 8.23. The van der Waals surface area contributed by atoms with Crippen LogP contribution in [0.25, 0.3) is 0 Å². The minimum Gasteiger partial charge on any atom is -0.494 e. The van der Waals surface area contributed by atoms with Crippen LogP contribution < -0.4 is 10.5 Å². The molecule has 2 N–H and O–H groups in total. The standard InChI is InChI=1S/C16H20N2O/c1-13(17)15-4-6-16(7-5-15)19-12-2-3-14-8-10-18-11-9-14/h4-11,13H,2-3,12,17H2,1H3. The predicted octanol–water partition coefficient (Wildman–Crippen LogP) is 3.11. The van der Waals surface area contributed by atoms with Crippen molar-refractivity contribution in [3.05, 3.63) is 59.9 Å². The molecule has 2 rings (SSSR count). The Hall–Kier alpha value is -1.87. The molecule has 2 aromatic rings. The Morgan fingerprint density at radius 3 is 2.42 bits per heavy atom. The topological polar surface area (TPSA) is 48.1 Å². The van der Waals surface area contributed by atoms with Gasteiger partial charge in [-0.1, -0.05) is 12.1 Å². The molecule has 0 aliphatic rings. The zero-order valence-corrected chi connectivity index (χ0v) is 11.3. The van der Waals surface area contributed by atoms with E-state index in [0.29, 0.717) is 0 Å². The van der Waals surface area contributed by atoms with Crippen molar-refractivity contribution in [1.82, 2.24) is 4.98 Å². The summed E-state index contributed by atoms with van der Waals surface area (Å²) < 4.78 is 5.71. The molecule has 0 aliphatic heterocycles. The lowest BCUT2D eigenvalue weighted by atomic mass is 10.1. The van der Waals surface area contributed by atoms with Crippen LogP contribution in [0.1, 0.15) is 30.5 Å². The molecular weight excluding hydrogens is 236 g/mol. The van der Waals surface area contributed by atoms with Crippen molar-refractivity contribution in [2.45, 2.75) is 25.8 Å². The van der Waals surface area contributed by atoms with Crippen LogP contribution in [0.2, 0.25) is 0 Å². The molecule has 1 aromatic heterocycles. The molecule has 0 saturated heterocycles. The molecule has 100 valence electrons. The minimum absolute atomic E-state index is 0.0701. The van der Waals surface area contributed by atoms with E-state index >= 15 is 0 Å². The maximum absolute atomic E-state index is 5.80. The number of ether oxygens (including phenoxy) is 1. The third-order valence-corrected chi connectivity index (χ3v) is 3.03. The number of nitrogens with zero attached hydrogens (tertiary/aromatic N) is 1. The van der Waals surface area contributed by atoms with Crippen LogP contribution in [-0.2, 0) is 6.42 Å². The molecule has 0 spiro atoms. The average Bonchev–Trinajstić information content (AvgIpc) is 2.45. The second-order valence-corrected chi connectivity index (χ2v) is 4.67. The maximum Gasteiger partial charge on any atom is 0.119 e. The Bertz CT molecular complexity index is 480. The maximum atomic E-state index is 5.80.